The number of rotatable bonds is 7. The Morgan fingerprint density at radius 2 is 1.85 bits per heavy atom. The van der Waals surface area contributed by atoms with Crippen LogP contribution in [0.25, 0.3) is 11.1 Å². The third-order valence-corrected chi connectivity index (χ3v) is 8.95. The number of aliphatic carboxylic acids is 1. The Bertz CT molecular complexity index is 1480. The van der Waals surface area contributed by atoms with Crippen molar-refractivity contribution in [3.05, 3.63) is 82.6 Å². The minimum atomic E-state index is -1.35. The number of piperidine rings is 1. The number of dihydropyridines is 1. The molecule has 1 aliphatic carbocycles. The Kier molecular flexibility index (Phi) is 7.26. The molecule has 9 heteroatoms. The van der Waals surface area contributed by atoms with E-state index in [4.69, 9.17) is 0 Å². The number of halogens is 2. The lowest BCUT2D eigenvalue weighted by Crippen LogP contribution is -2.51. The van der Waals surface area contributed by atoms with Crippen molar-refractivity contribution >= 4 is 17.8 Å². The van der Waals surface area contributed by atoms with E-state index in [9.17, 15) is 23.9 Å². The average molecular weight is 564 g/mol. The molecule has 0 bridgehead atoms. The van der Waals surface area contributed by atoms with Crippen molar-refractivity contribution in [2.24, 2.45) is 17.3 Å². The number of aryl methyl sites for hydroxylation is 2. The van der Waals surface area contributed by atoms with Crippen LogP contribution >= 0.6 is 0 Å². The predicted octanol–water partition coefficient (Wildman–Crippen LogP) is 4.80. The number of fused-ring (bicyclic) bond motifs is 1. The number of hydrogen-bond donors (Lipinski definition) is 3. The van der Waals surface area contributed by atoms with E-state index in [1.165, 1.54) is 11.0 Å². The first kappa shape index (κ1) is 28.5. The van der Waals surface area contributed by atoms with Gasteiger partial charge in [-0.15, -0.1) is 0 Å². The van der Waals surface area contributed by atoms with Crippen molar-refractivity contribution in [1.29, 1.82) is 0 Å². The fourth-order valence-corrected chi connectivity index (χ4v) is 6.62. The van der Waals surface area contributed by atoms with Crippen LogP contribution in [0.5, 0.6) is 0 Å². The summed E-state index contributed by atoms with van der Waals surface area (Å²) in [6.45, 7) is 10.1. The molecule has 0 aromatic heterocycles. The fraction of sp³-hybridized carbons (Fsp3) is 0.406. The molecule has 0 spiro atoms. The molecule has 0 radical (unpaired) electrons. The van der Waals surface area contributed by atoms with Gasteiger partial charge in [-0.05, 0) is 78.5 Å². The fourth-order valence-electron chi connectivity index (χ4n) is 6.62. The molecule has 5 rings (SSSR count). The molecule has 216 valence electrons. The van der Waals surface area contributed by atoms with Gasteiger partial charge in [-0.2, -0.15) is 0 Å². The van der Waals surface area contributed by atoms with E-state index in [1.807, 2.05) is 58.9 Å². The number of carbonyl (C=O) groups excluding carboxylic acids is 2. The van der Waals surface area contributed by atoms with Crippen LogP contribution in [-0.2, 0) is 14.4 Å². The van der Waals surface area contributed by atoms with E-state index in [0.717, 1.165) is 17.2 Å². The van der Waals surface area contributed by atoms with Crippen LogP contribution in [0.4, 0.5) is 8.78 Å². The Hall–Kier alpha value is -4.01. The molecule has 2 fully saturated rings. The molecule has 2 aromatic carbocycles. The van der Waals surface area contributed by atoms with Crippen LogP contribution in [-0.4, -0.2) is 46.4 Å². The number of nitrogens with one attached hydrogen (secondary N) is 2. The summed E-state index contributed by atoms with van der Waals surface area (Å²) in [6, 6.07) is 5.91. The number of amides is 2. The first-order chi connectivity index (χ1) is 19.3. The molecule has 2 aromatic rings. The van der Waals surface area contributed by atoms with Crippen molar-refractivity contribution in [3.63, 3.8) is 0 Å². The highest BCUT2D eigenvalue weighted by Crippen LogP contribution is 2.65. The van der Waals surface area contributed by atoms with E-state index in [1.54, 1.807) is 12.3 Å². The number of carboxylic acids is 1. The Balaban J connectivity index is 1.49. The molecular formula is C32H35F2N3O4. The topological polar surface area (TPSA) is 98.7 Å². The second kappa shape index (κ2) is 10.4. The van der Waals surface area contributed by atoms with Crippen LogP contribution < -0.4 is 10.6 Å². The van der Waals surface area contributed by atoms with Crippen LogP contribution in [0, 0.1) is 42.7 Å². The van der Waals surface area contributed by atoms with Gasteiger partial charge in [-0.25, -0.2) is 8.78 Å². The molecule has 3 N–H and O–H groups in total. The van der Waals surface area contributed by atoms with E-state index < -0.39 is 42.0 Å². The quantitative estimate of drug-likeness (QED) is 0.450. The van der Waals surface area contributed by atoms with E-state index in [0.29, 0.717) is 23.2 Å². The Morgan fingerprint density at radius 1 is 1.17 bits per heavy atom. The highest BCUT2D eigenvalue weighted by Gasteiger charge is 2.69. The smallest absolute Gasteiger partial charge is 0.305 e. The first-order valence-electron chi connectivity index (χ1n) is 13.8. The van der Waals surface area contributed by atoms with Crippen molar-refractivity contribution in [2.45, 2.75) is 59.2 Å². The lowest BCUT2D eigenvalue weighted by atomic mass is 9.91. The van der Waals surface area contributed by atoms with Gasteiger partial charge in [0.1, 0.15) is 6.04 Å². The van der Waals surface area contributed by atoms with Crippen LogP contribution in [0.15, 0.2) is 54.3 Å². The van der Waals surface area contributed by atoms with Crippen LogP contribution in [0.3, 0.4) is 0 Å². The zero-order valence-electron chi connectivity index (χ0n) is 23.8. The standard InChI is InChI=1S/C32H35F2N3O4/c1-16-7-6-8-17(2)26(16)20-11-21(28(34)23(33)12-20)24(13-25(38)39)36-30(40)29-27-22(32(27,4)5)15-37(29)31(41)19-10-9-18(3)35-14-19/h6-12,14,18,22,24,27,29,35H,13,15H2,1-5H3,(H,36,40)(H,38,39)/t18?,22-,24-,27-,29-/m0/s1. The lowest BCUT2D eigenvalue weighted by molar-refractivity contribution is -0.140. The van der Waals surface area contributed by atoms with Gasteiger partial charge >= 0.3 is 5.97 Å². The molecule has 2 heterocycles. The highest BCUT2D eigenvalue weighted by molar-refractivity contribution is 6.00. The number of nitrogens with zero attached hydrogens (tertiary/aromatic N) is 1. The van der Waals surface area contributed by atoms with Gasteiger partial charge in [0.15, 0.2) is 11.6 Å². The summed E-state index contributed by atoms with van der Waals surface area (Å²) >= 11 is 0. The van der Waals surface area contributed by atoms with Gasteiger partial charge in [0.2, 0.25) is 5.91 Å². The summed E-state index contributed by atoms with van der Waals surface area (Å²) in [4.78, 5) is 40.7. The van der Waals surface area contributed by atoms with Crippen molar-refractivity contribution < 1.29 is 28.3 Å². The monoisotopic (exact) mass is 563 g/mol. The molecule has 41 heavy (non-hydrogen) atoms. The largest absolute Gasteiger partial charge is 0.481 e. The van der Waals surface area contributed by atoms with Gasteiger partial charge < -0.3 is 20.6 Å². The summed E-state index contributed by atoms with van der Waals surface area (Å²) < 4.78 is 30.3. The van der Waals surface area contributed by atoms with Crippen molar-refractivity contribution in [3.8, 4) is 11.1 Å². The molecule has 7 nitrogen and oxygen atoms in total. The van der Waals surface area contributed by atoms with Gasteiger partial charge in [0.05, 0.1) is 18.0 Å². The Morgan fingerprint density at radius 3 is 2.46 bits per heavy atom. The summed E-state index contributed by atoms with van der Waals surface area (Å²) in [5.74, 6) is -4.57. The molecule has 2 aliphatic heterocycles. The molecular weight excluding hydrogens is 528 g/mol. The molecule has 2 amide bonds. The van der Waals surface area contributed by atoms with Gasteiger partial charge in [0, 0.05) is 24.4 Å². The third-order valence-electron chi connectivity index (χ3n) is 8.95. The summed E-state index contributed by atoms with van der Waals surface area (Å²) in [7, 11) is 0. The number of carboxylic acid groups (broad SMARTS) is 1. The summed E-state index contributed by atoms with van der Waals surface area (Å²) in [5.41, 5.74) is 2.76. The van der Waals surface area contributed by atoms with Gasteiger partial charge in [-0.1, -0.05) is 38.1 Å². The maximum Gasteiger partial charge on any atom is 0.305 e. The highest BCUT2D eigenvalue weighted by atomic mass is 19.2. The minimum Gasteiger partial charge on any atom is -0.481 e. The van der Waals surface area contributed by atoms with E-state index in [2.05, 4.69) is 10.6 Å². The first-order valence-corrected chi connectivity index (χ1v) is 13.8. The number of hydrogen-bond acceptors (Lipinski definition) is 4. The number of carbonyl (C=O) groups is 3. The van der Waals surface area contributed by atoms with Crippen molar-refractivity contribution in [2.75, 3.05) is 6.54 Å². The van der Waals surface area contributed by atoms with Crippen LogP contribution in [0.2, 0.25) is 0 Å². The average Bonchev–Trinajstić information content (AvgIpc) is 3.21. The van der Waals surface area contributed by atoms with Crippen molar-refractivity contribution in [1.82, 2.24) is 15.5 Å². The third kappa shape index (κ3) is 5.13. The second-order valence-electron chi connectivity index (χ2n) is 12.1. The SMILES string of the molecule is Cc1cccc(C)c1-c1cc(F)c(F)c([C@H](CC(=O)O)NC(=O)[C@@H]2[C@@H]3[C@H](CN2C(=O)C2=CNC(C)C=C2)C3(C)C)c1. The Labute approximate surface area is 238 Å². The van der Waals surface area contributed by atoms with E-state index in [-0.39, 0.29) is 34.8 Å². The van der Waals surface area contributed by atoms with Gasteiger partial charge in [0.25, 0.3) is 5.91 Å². The second-order valence-corrected chi connectivity index (χ2v) is 12.1. The maximum atomic E-state index is 15.3. The molecule has 1 saturated heterocycles. The normalized spacial score (nSPS) is 24.7. The number of likely N-dealkylation sites (tertiary alicyclic amines) is 1. The molecule has 5 atom stereocenters. The zero-order valence-corrected chi connectivity index (χ0v) is 23.8. The maximum absolute atomic E-state index is 15.3. The summed E-state index contributed by atoms with van der Waals surface area (Å²) in [5, 5.41) is 15.5. The number of benzene rings is 2. The van der Waals surface area contributed by atoms with Gasteiger partial charge in [-0.3, -0.25) is 14.4 Å². The van der Waals surface area contributed by atoms with Crippen LogP contribution in [0.1, 0.15) is 49.9 Å². The molecule has 3 aliphatic rings. The molecule has 1 unspecified atom stereocenters. The predicted molar refractivity (Wildman–Crippen MR) is 150 cm³/mol. The van der Waals surface area contributed by atoms with E-state index >= 15 is 4.39 Å². The zero-order chi connectivity index (χ0) is 29.8. The minimum absolute atomic E-state index is 0.0721. The lowest BCUT2D eigenvalue weighted by Gasteiger charge is -2.32. The summed E-state index contributed by atoms with van der Waals surface area (Å²) in [6.07, 6.45) is 4.54. The molecule has 1 saturated carbocycles.